The fraction of sp³-hybridized carbons (Fsp3) is 0.667. The third kappa shape index (κ3) is 3.67. The van der Waals surface area contributed by atoms with Crippen LogP contribution >= 0.6 is 11.3 Å². The molecule has 0 bridgehead atoms. The van der Waals surface area contributed by atoms with Gasteiger partial charge in [0.15, 0.2) is 0 Å². The summed E-state index contributed by atoms with van der Waals surface area (Å²) in [7, 11) is 2.17. The molecule has 1 fully saturated rings. The van der Waals surface area contributed by atoms with Crippen molar-refractivity contribution in [2.24, 2.45) is 5.73 Å². The van der Waals surface area contributed by atoms with Crippen molar-refractivity contribution < 1.29 is 4.74 Å². The lowest BCUT2D eigenvalue weighted by atomic mass is 10.3. The molecule has 0 aliphatic carbocycles. The highest BCUT2D eigenvalue weighted by Gasteiger charge is 2.13. The molecule has 1 aliphatic rings. The van der Waals surface area contributed by atoms with E-state index in [9.17, 15) is 0 Å². The molecular formula is C12H21N3OS. The lowest BCUT2D eigenvalue weighted by molar-refractivity contribution is 0.133. The highest BCUT2D eigenvalue weighted by atomic mass is 32.1. The van der Waals surface area contributed by atoms with Crippen LogP contribution in [0.15, 0.2) is 11.4 Å². The molecule has 1 aromatic rings. The molecule has 0 saturated carbocycles. The Balaban J connectivity index is 1.69. The first-order chi connectivity index (χ1) is 8.29. The van der Waals surface area contributed by atoms with E-state index in [-0.39, 0.29) is 0 Å². The van der Waals surface area contributed by atoms with E-state index in [4.69, 9.17) is 10.5 Å². The van der Waals surface area contributed by atoms with Gasteiger partial charge in [-0.15, -0.1) is 11.3 Å². The van der Waals surface area contributed by atoms with E-state index < -0.39 is 0 Å². The summed E-state index contributed by atoms with van der Waals surface area (Å²) in [6.07, 6.45) is 0. The van der Waals surface area contributed by atoms with Crippen LogP contribution in [0.3, 0.4) is 0 Å². The van der Waals surface area contributed by atoms with Crippen LogP contribution in [0.4, 0.5) is 0 Å². The fourth-order valence-corrected chi connectivity index (χ4v) is 2.66. The van der Waals surface area contributed by atoms with E-state index in [1.165, 1.54) is 0 Å². The third-order valence-corrected chi connectivity index (χ3v) is 4.08. The SMILES string of the molecule is CN1CCN(CCOc2ccsc2CN)CC1. The van der Waals surface area contributed by atoms with E-state index in [1.807, 2.05) is 11.4 Å². The van der Waals surface area contributed by atoms with Gasteiger partial charge < -0.3 is 15.4 Å². The van der Waals surface area contributed by atoms with Gasteiger partial charge in [-0.25, -0.2) is 0 Å². The largest absolute Gasteiger partial charge is 0.491 e. The number of piperazine rings is 1. The van der Waals surface area contributed by atoms with Gasteiger partial charge in [0.2, 0.25) is 0 Å². The summed E-state index contributed by atoms with van der Waals surface area (Å²) in [6.45, 7) is 6.95. The number of ether oxygens (including phenoxy) is 1. The quantitative estimate of drug-likeness (QED) is 0.846. The molecule has 0 spiro atoms. The lowest BCUT2D eigenvalue weighted by Gasteiger charge is -2.32. The molecule has 4 nitrogen and oxygen atoms in total. The Hall–Kier alpha value is -0.620. The van der Waals surface area contributed by atoms with Crippen molar-refractivity contribution in [2.75, 3.05) is 46.4 Å². The highest BCUT2D eigenvalue weighted by Crippen LogP contribution is 2.23. The van der Waals surface area contributed by atoms with Gasteiger partial charge in [-0.05, 0) is 18.5 Å². The van der Waals surface area contributed by atoms with Gasteiger partial charge in [-0.3, -0.25) is 4.90 Å². The van der Waals surface area contributed by atoms with Crippen molar-refractivity contribution in [3.8, 4) is 5.75 Å². The van der Waals surface area contributed by atoms with E-state index in [0.717, 1.165) is 50.0 Å². The Labute approximate surface area is 107 Å². The van der Waals surface area contributed by atoms with Gasteiger partial charge in [-0.2, -0.15) is 0 Å². The number of hydrogen-bond acceptors (Lipinski definition) is 5. The summed E-state index contributed by atoms with van der Waals surface area (Å²) in [4.78, 5) is 5.96. The Morgan fingerprint density at radius 1 is 1.35 bits per heavy atom. The number of nitrogens with zero attached hydrogens (tertiary/aromatic N) is 2. The maximum atomic E-state index is 5.77. The minimum absolute atomic E-state index is 0.571. The van der Waals surface area contributed by atoms with Crippen molar-refractivity contribution >= 4 is 11.3 Å². The maximum Gasteiger partial charge on any atom is 0.134 e. The molecular weight excluding hydrogens is 234 g/mol. The molecule has 1 aromatic heterocycles. The molecule has 0 aromatic carbocycles. The van der Waals surface area contributed by atoms with E-state index >= 15 is 0 Å². The Morgan fingerprint density at radius 2 is 2.12 bits per heavy atom. The van der Waals surface area contributed by atoms with Crippen molar-refractivity contribution in [3.63, 3.8) is 0 Å². The van der Waals surface area contributed by atoms with Crippen LogP contribution in [-0.2, 0) is 6.54 Å². The zero-order chi connectivity index (χ0) is 12.1. The second-order valence-corrected chi connectivity index (χ2v) is 5.41. The van der Waals surface area contributed by atoms with E-state index in [1.54, 1.807) is 11.3 Å². The minimum Gasteiger partial charge on any atom is -0.491 e. The molecule has 2 heterocycles. The molecule has 1 aliphatic heterocycles. The van der Waals surface area contributed by atoms with E-state index in [2.05, 4.69) is 16.8 Å². The second kappa shape index (κ2) is 6.35. The van der Waals surface area contributed by atoms with Gasteiger partial charge >= 0.3 is 0 Å². The third-order valence-electron chi connectivity index (χ3n) is 3.15. The zero-order valence-electron chi connectivity index (χ0n) is 10.4. The minimum atomic E-state index is 0.571. The molecule has 0 amide bonds. The molecule has 2 N–H and O–H groups in total. The number of likely N-dealkylation sites (N-methyl/N-ethyl adjacent to an activating group) is 1. The molecule has 96 valence electrons. The lowest BCUT2D eigenvalue weighted by Crippen LogP contribution is -2.45. The fourth-order valence-electron chi connectivity index (χ4n) is 1.96. The summed E-state index contributed by atoms with van der Waals surface area (Å²) in [5, 5.41) is 2.04. The Morgan fingerprint density at radius 3 is 2.82 bits per heavy atom. The highest BCUT2D eigenvalue weighted by molar-refractivity contribution is 7.10. The summed E-state index contributed by atoms with van der Waals surface area (Å²) >= 11 is 1.67. The molecule has 0 unspecified atom stereocenters. The molecule has 1 saturated heterocycles. The second-order valence-electron chi connectivity index (χ2n) is 4.41. The molecule has 0 radical (unpaired) electrons. The van der Waals surface area contributed by atoms with Gasteiger partial charge in [0.05, 0.1) is 4.88 Å². The average molecular weight is 255 g/mol. The Bertz CT molecular complexity index is 334. The van der Waals surface area contributed by atoms with Crippen molar-refractivity contribution in [3.05, 3.63) is 16.3 Å². The van der Waals surface area contributed by atoms with Crippen LogP contribution < -0.4 is 10.5 Å². The predicted octanol–water partition coefficient (Wildman–Crippen LogP) is 0.833. The summed E-state index contributed by atoms with van der Waals surface area (Å²) in [5.74, 6) is 0.964. The first-order valence-electron chi connectivity index (χ1n) is 6.09. The van der Waals surface area contributed by atoms with Gasteiger partial charge in [0.1, 0.15) is 12.4 Å². The van der Waals surface area contributed by atoms with Crippen molar-refractivity contribution in [1.82, 2.24) is 9.80 Å². The molecule has 2 rings (SSSR count). The summed E-state index contributed by atoms with van der Waals surface area (Å²) in [5.41, 5.74) is 5.64. The topological polar surface area (TPSA) is 41.7 Å². The van der Waals surface area contributed by atoms with Crippen LogP contribution in [0.25, 0.3) is 0 Å². The molecule has 0 atom stereocenters. The van der Waals surface area contributed by atoms with Crippen LogP contribution in [0.1, 0.15) is 4.88 Å². The van der Waals surface area contributed by atoms with Gasteiger partial charge in [0, 0.05) is 39.3 Å². The van der Waals surface area contributed by atoms with E-state index in [0.29, 0.717) is 6.54 Å². The van der Waals surface area contributed by atoms with Crippen LogP contribution in [0, 0.1) is 0 Å². The Kier molecular flexibility index (Phi) is 4.79. The van der Waals surface area contributed by atoms with Gasteiger partial charge in [-0.1, -0.05) is 0 Å². The predicted molar refractivity (Wildman–Crippen MR) is 71.6 cm³/mol. The summed E-state index contributed by atoms with van der Waals surface area (Å²) < 4.78 is 5.77. The zero-order valence-corrected chi connectivity index (χ0v) is 11.2. The maximum absolute atomic E-state index is 5.77. The number of rotatable bonds is 5. The van der Waals surface area contributed by atoms with Crippen molar-refractivity contribution in [2.45, 2.75) is 6.54 Å². The standard InChI is InChI=1S/C12H21N3OS/c1-14-3-5-15(6-4-14)7-8-16-11-2-9-17-12(11)10-13/h2,9H,3-8,10,13H2,1H3. The first kappa shape index (κ1) is 12.8. The monoisotopic (exact) mass is 255 g/mol. The normalized spacial score (nSPS) is 18.5. The first-order valence-corrected chi connectivity index (χ1v) is 6.97. The van der Waals surface area contributed by atoms with Crippen LogP contribution in [-0.4, -0.2) is 56.2 Å². The average Bonchev–Trinajstić information content (AvgIpc) is 2.79. The number of hydrogen-bond donors (Lipinski definition) is 1. The molecule has 17 heavy (non-hydrogen) atoms. The van der Waals surface area contributed by atoms with Crippen LogP contribution in [0.2, 0.25) is 0 Å². The van der Waals surface area contributed by atoms with Crippen LogP contribution in [0.5, 0.6) is 5.75 Å². The molecule has 5 heteroatoms. The van der Waals surface area contributed by atoms with Crippen molar-refractivity contribution in [1.29, 1.82) is 0 Å². The number of nitrogens with two attached hydrogens (primary N) is 1. The van der Waals surface area contributed by atoms with Gasteiger partial charge in [0.25, 0.3) is 0 Å². The summed E-state index contributed by atoms with van der Waals surface area (Å²) in [6, 6.07) is 2.01. The smallest absolute Gasteiger partial charge is 0.134 e. The number of thiophene rings is 1.